The quantitative estimate of drug-likeness (QED) is 0.449. The first-order valence-electron chi connectivity index (χ1n) is 10.2. The lowest BCUT2D eigenvalue weighted by Gasteiger charge is -2.64. The zero-order chi connectivity index (χ0) is 20.2. The van der Waals surface area contributed by atoms with Gasteiger partial charge in [0.15, 0.2) is 12.6 Å². The number of ether oxygens (including phenoxy) is 3. The molecule has 0 unspecified atom stereocenters. The number of hydrogen-bond acceptors (Lipinski definition) is 7. The maximum Gasteiger partial charge on any atom is 0.315 e. The second kappa shape index (κ2) is 5.58. The molecule has 2 heterocycles. The number of esters is 1. The SMILES string of the molecule is C=C1[C@@H]2C[C@H](O)[C@@H]3[C@](C2)(C(=O)O[C@H]2CCC(C)(C)[C@H]4[C@H](O)O[C@@H](OC)[C@@]243)[C@@H]1O. The van der Waals surface area contributed by atoms with Gasteiger partial charge in [-0.05, 0) is 42.6 Å². The van der Waals surface area contributed by atoms with Gasteiger partial charge in [0.05, 0.1) is 17.6 Å². The molecule has 3 N–H and O–H groups in total. The molecule has 3 aliphatic carbocycles. The maximum atomic E-state index is 13.3. The molecule has 156 valence electrons. The van der Waals surface area contributed by atoms with Gasteiger partial charge < -0.3 is 29.5 Å². The highest BCUT2D eigenvalue weighted by Gasteiger charge is 2.81. The fourth-order valence-corrected chi connectivity index (χ4v) is 7.85. The van der Waals surface area contributed by atoms with Crippen molar-refractivity contribution >= 4 is 5.97 Å². The Morgan fingerprint density at radius 1 is 1.21 bits per heavy atom. The summed E-state index contributed by atoms with van der Waals surface area (Å²) in [4.78, 5) is 13.3. The van der Waals surface area contributed by atoms with Crippen molar-refractivity contribution in [2.24, 2.45) is 34.0 Å². The molecule has 2 aliphatic heterocycles. The van der Waals surface area contributed by atoms with E-state index in [1.54, 1.807) is 0 Å². The van der Waals surface area contributed by atoms with Gasteiger partial charge in [-0.2, -0.15) is 0 Å². The average molecular weight is 394 g/mol. The summed E-state index contributed by atoms with van der Waals surface area (Å²) < 4.78 is 17.6. The van der Waals surface area contributed by atoms with E-state index in [4.69, 9.17) is 14.2 Å². The first-order chi connectivity index (χ1) is 13.1. The zero-order valence-corrected chi connectivity index (χ0v) is 16.6. The average Bonchev–Trinajstić information content (AvgIpc) is 3.04. The van der Waals surface area contributed by atoms with Crippen LogP contribution in [0.25, 0.3) is 0 Å². The molecule has 7 nitrogen and oxygen atoms in total. The minimum absolute atomic E-state index is 0.120. The molecule has 2 bridgehead atoms. The molecular weight excluding hydrogens is 364 g/mol. The summed E-state index contributed by atoms with van der Waals surface area (Å²) in [7, 11) is 1.51. The Labute approximate surface area is 164 Å². The minimum atomic E-state index is -1.27. The van der Waals surface area contributed by atoms with Crippen LogP contribution >= 0.6 is 0 Å². The molecule has 5 fully saturated rings. The van der Waals surface area contributed by atoms with Gasteiger partial charge >= 0.3 is 5.97 Å². The van der Waals surface area contributed by atoms with Gasteiger partial charge in [0.1, 0.15) is 11.5 Å². The Morgan fingerprint density at radius 2 is 1.93 bits per heavy atom. The van der Waals surface area contributed by atoms with E-state index in [1.165, 1.54) is 7.11 Å². The maximum absolute atomic E-state index is 13.3. The molecule has 0 aromatic rings. The van der Waals surface area contributed by atoms with E-state index in [2.05, 4.69) is 20.4 Å². The minimum Gasteiger partial charge on any atom is -0.461 e. The molecule has 0 aromatic carbocycles. The van der Waals surface area contributed by atoms with Gasteiger partial charge in [0, 0.05) is 18.9 Å². The van der Waals surface area contributed by atoms with Crippen molar-refractivity contribution in [3.8, 4) is 0 Å². The van der Waals surface area contributed by atoms with Gasteiger partial charge in [-0.15, -0.1) is 0 Å². The van der Waals surface area contributed by atoms with Crippen LogP contribution in [0.15, 0.2) is 12.2 Å². The number of carbonyl (C=O) groups excluding carboxylic acids is 1. The van der Waals surface area contributed by atoms with Crippen LogP contribution in [-0.2, 0) is 19.0 Å². The van der Waals surface area contributed by atoms with Crippen LogP contribution in [-0.4, -0.2) is 59.3 Å². The van der Waals surface area contributed by atoms with Crippen molar-refractivity contribution < 1.29 is 34.3 Å². The topological polar surface area (TPSA) is 105 Å². The Bertz CT molecular complexity index is 734. The summed E-state index contributed by atoms with van der Waals surface area (Å²) in [5.41, 5.74) is -1.93. The van der Waals surface area contributed by atoms with Crippen molar-refractivity contribution in [1.82, 2.24) is 0 Å². The molecule has 2 saturated heterocycles. The fraction of sp³-hybridized carbons (Fsp3) is 0.857. The lowest BCUT2D eigenvalue weighted by atomic mass is 9.43. The number of fused-ring (bicyclic) bond motifs is 1. The smallest absolute Gasteiger partial charge is 0.315 e. The van der Waals surface area contributed by atoms with Gasteiger partial charge in [0.2, 0.25) is 0 Å². The summed E-state index contributed by atoms with van der Waals surface area (Å²) in [6.45, 7) is 8.17. The largest absolute Gasteiger partial charge is 0.461 e. The van der Waals surface area contributed by atoms with E-state index in [0.29, 0.717) is 24.8 Å². The fourth-order valence-electron chi connectivity index (χ4n) is 7.85. The third kappa shape index (κ3) is 1.86. The van der Waals surface area contributed by atoms with Crippen LogP contribution in [0, 0.1) is 34.0 Å². The number of aliphatic hydroxyl groups excluding tert-OH is 3. The molecular formula is C21H30O7. The van der Waals surface area contributed by atoms with Gasteiger partial charge in [0.25, 0.3) is 0 Å². The van der Waals surface area contributed by atoms with Gasteiger partial charge in [-0.3, -0.25) is 4.79 Å². The first kappa shape index (κ1) is 19.0. The zero-order valence-electron chi connectivity index (χ0n) is 16.6. The number of hydrogen-bond donors (Lipinski definition) is 3. The number of aliphatic hydroxyl groups is 3. The second-order valence-electron chi connectivity index (χ2n) is 10.2. The molecule has 7 heteroatoms. The highest BCUT2D eigenvalue weighted by molar-refractivity contribution is 5.82. The molecule has 2 spiro atoms. The van der Waals surface area contributed by atoms with Crippen LogP contribution in [0.2, 0.25) is 0 Å². The highest BCUT2D eigenvalue weighted by Crippen LogP contribution is 2.73. The molecule has 10 atom stereocenters. The number of rotatable bonds is 1. The van der Waals surface area contributed by atoms with Gasteiger partial charge in [-0.1, -0.05) is 20.4 Å². The van der Waals surface area contributed by atoms with E-state index in [0.717, 1.165) is 6.42 Å². The lowest BCUT2D eigenvalue weighted by molar-refractivity contribution is -0.298. The van der Waals surface area contributed by atoms with Crippen LogP contribution in [0.1, 0.15) is 39.5 Å². The summed E-state index contributed by atoms with van der Waals surface area (Å²) in [5, 5.41) is 33.4. The van der Waals surface area contributed by atoms with Crippen molar-refractivity contribution in [3.63, 3.8) is 0 Å². The molecule has 3 saturated carbocycles. The summed E-state index contributed by atoms with van der Waals surface area (Å²) >= 11 is 0. The van der Waals surface area contributed by atoms with Crippen molar-refractivity contribution in [3.05, 3.63) is 12.2 Å². The lowest BCUT2D eigenvalue weighted by Crippen LogP contribution is -2.73. The Morgan fingerprint density at radius 3 is 2.61 bits per heavy atom. The number of carbonyl (C=O) groups is 1. The van der Waals surface area contributed by atoms with Crippen molar-refractivity contribution in [1.29, 1.82) is 0 Å². The van der Waals surface area contributed by atoms with Gasteiger partial charge in [-0.25, -0.2) is 0 Å². The Kier molecular flexibility index (Phi) is 3.78. The molecule has 28 heavy (non-hydrogen) atoms. The van der Waals surface area contributed by atoms with E-state index in [-0.39, 0.29) is 11.3 Å². The van der Waals surface area contributed by atoms with Crippen molar-refractivity contribution in [2.75, 3.05) is 7.11 Å². The van der Waals surface area contributed by atoms with Crippen LogP contribution in [0.5, 0.6) is 0 Å². The Hall–Kier alpha value is -0.990. The normalized spacial score (nSPS) is 56.6. The van der Waals surface area contributed by atoms with Crippen molar-refractivity contribution in [2.45, 2.75) is 70.4 Å². The predicted molar refractivity (Wildman–Crippen MR) is 96.5 cm³/mol. The van der Waals surface area contributed by atoms with Crippen LogP contribution in [0.3, 0.4) is 0 Å². The molecule has 5 rings (SSSR count). The molecule has 0 amide bonds. The standard InChI is InChI=1S/C21H30O7/c1-9-10-7-11(22)13-20(8-10,15(9)23)17(25)27-12-5-6-19(2,3)14-16(24)28-18(26-4)21(12,13)14/h10-16,18,22-24H,1,5-8H2,2-4H3/t10-,11+,12+,13-,14-,15-,16-,18-,20+,21-/m1/s1. The second-order valence-corrected chi connectivity index (χ2v) is 10.2. The van der Waals surface area contributed by atoms with Crippen LogP contribution < -0.4 is 0 Å². The third-order valence-corrected chi connectivity index (χ3v) is 8.74. The Balaban J connectivity index is 1.78. The monoisotopic (exact) mass is 394 g/mol. The predicted octanol–water partition coefficient (Wildman–Crippen LogP) is 0.960. The van der Waals surface area contributed by atoms with Crippen LogP contribution in [0.4, 0.5) is 0 Å². The van der Waals surface area contributed by atoms with E-state index >= 15 is 0 Å². The van der Waals surface area contributed by atoms with E-state index in [9.17, 15) is 20.1 Å². The number of methoxy groups -OCH3 is 1. The summed E-state index contributed by atoms with van der Waals surface area (Å²) in [6.07, 6.45) is -2.20. The molecule has 0 aromatic heterocycles. The summed E-state index contributed by atoms with van der Waals surface area (Å²) in [5.74, 6) is -1.61. The highest BCUT2D eigenvalue weighted by atomic mass is 16.7. The molecule has 5 aliphatic rings. The van der Waals surface area contributed by atoms with E-state index < -0.39 is 59.5 Å². The first-order valence-corrected chi connectivity index (χ1v) is 10.2. The molecule has 0 radical (unpaired) electrons. The van der Waals surface area contributed by atoms with E-state index in [1.807, 2.05) is 0 Å². The third-order valence-electron chi connectivity index (χ3n) is 8.74. The summed E-state index contributed by atoms with van der Waals surface area (Å²) in [6, 6.07) is 0.